The van der Waals surface area contributed by atoms with Crippen molar-refractivity contribution in [2.45, 2.75) is 0 Å². The van der Waals surface area contributed by atoms with Crippen LogP contribution in [-0.4, -0.2) is 15.0 Å². The molecule has 0 radical (unpaired) electrons. The fourth-order valence-corrected chi connectivity index (χ4v) is 7.21. The van der Waals surface area contributed by atoms with Crippen LogP contribution in [0.5, 0.6) is 0 Å². The van der Waals surface area contributed by atoms with Gasteiger partial charge in [0.15, 0.2) is 17.5 Å². The molecule has 4 nitrogen and oxygen atoms in total. The summed E-state index contributed by atoms with van der Waals surface area (Å²) in [7, 11) is 0. The summed E-state index contributed by atoms with van der Waals surface area (Å²) in [5.41, 5.74) is 6.78. The van der Waals surface area contributed by atoms with E-state index in [1.165, 1.54) is 16.2 Å². The maximum Gasteiger partial charge on any atom is 0.164 e. The Morgan fingerprint density at radius 2 is 0.796 bits per heavy atom. The van der Waals surface area contributed by atoms with E-state index >= 15 is 0 Å². The highest BCUT2D eigenvalue weighted by Gasteiger charge is 2.20. The van der Waals surface area contributed by atoms with Gasteiger partial charge in [0.25, 0.3) is 0 Å². The molecule has 2 aromatic heterocycles. The Morgan fingerprint density at radius 1 is 0.306 bits per heavy atom. The molecule has 0 unspecified atom stereocenters. The van der Waals surface area contributed by atoms with E-state index in [2.05, 4.69) is 115 Å². The summed E-state index contributed by atoms with van der Waals surface area (Å²) in [4.78, 5) is 15.4. The quantitative estimate of drug-likeness (QED) is 0.183. The predicted octanol–water partition coefficient (Wildman–Crippen LogP) is 11.9. The summed E-state index contributed by atoms with van der Waals surface area (Å²) in [6, 6.07) is 56.9. The van der Waals surface area contributed by atoms with Crippen LogP contribution in [0.15, 0.2) is 168 Å². The van der Waals surface area contributed by atoms with Crippen molar-refractivity contribution in [3.05, 3.63) is 164 Å². The zero-order chi connectivity index (χ0) is 32.3. The number of furan rings is 1. The lowest BCUT2D eigenvalue weighted by molar-refractivity contribution is 0.669. The monoisotopic (exact) mass is 625 g/mol. The molecule has 0 fully saturated rings. The van der Waals surface area contributed by atoms with Gasteiger partial charge in [0.2, 0.25) is 0 Å². The molecule has 49 heavy (non-hydrogen) atoms. The first-order chi connectivity index (χ1) is 24.3. The van der Waals surface area contributed by atoms with Gasteiger partial charge in [0.1, 0.15) is 11.2 Å². The van der Waals surface area contributed by atoms with Crippen LogP contribution < -0.4 is 0 Å². The Hall–Kier alpha value is -6.65. The van der Waals surface area contributed by atoms with Crippen molar-refractivity contribution >= 4 is 54.3 Å². The topological polar surface area (TPSA) is 51.8 Å². The minimum absolute atomic E-state index is 0.634. The Kier molecular flexibility index (Phi) is 6.15. The number of aromatic nitrogens is 3. The molecular formula is C45H27N3O. The molecule has 0 amide bonds. The van der Waals surface area contributed by atoms with E-state index in [-0.39, 0.29) is 0 Å². The van der Waals surface area contributed by atoms with Gasteiger partial charge < -0.3 is 4.42 Å². The molecule has 10 aromatic rings. The summed E-state index contributed by atoms with van der Waals surface area (Å²) in [6.07, 6.45) is 0. The number of benzene rings is 8. The minimum atomic E-state index is 0.634. The number of hydrogen-bond acceptors (Lipinski definition) is 4. The van der Waals surface area contributed by atoms with Crippen LogP contribution in [0.2, 0.25) is 0 Å². The molecule has 8 aromatic carbocycles. The highest BCUT2D eigenvalue weighted by molar-refractivity contribution is 6.29. The number of fused-ring (bicyclic) bond motifs is 9. The molecule has 0 atom stereocenters. The minimum Gasteiger partial charge on any atom is -0.456 e. The van der Waals surface area contributed by atoms with Crippen LogP contribution in [0.3, 0.4) is 0 Å². The molecule has 0 saturated heterocycles. The van der Waals surface area contributed by atoms with Gasteiger partial charge in [-0.15, -0.1) is 0 Å². The number of para-hydroxylation sites is 1. The van der Waals surface area contributed by atoms with Gasteiger partial charge in [-0.3, -0.25) is 0 Å². The van der Waals surface area contributed by atoms with Gasteiger partial charge >= 0.3 is 0 Å². The first-order valence-corrected chi connectivity index (χ1v) is 16.4. The second kappa shape index (κ2) is 11.0. The number of hydrogen-bond donors (Lipinski definition) is 0. The van der Waals surface area contributed by atoms with Gasteiger partial charge in [-0.05, 0) is 68.4 Å². The lowest BCUT2D eigenvalue weighted by Crippen LogP contribution is -2.01. The molecule has 0 spiro atoms. The first kappa shape index (κ1) is 27.5. The molecule has 10 rings (SSSR count). The van der Waals surface area contributed by atoms with Crippen molar-refractivity contribution in [2.24, 2.45) is 0 Å². The van der Waals surface area contributed by atoms with Crippen LogP contribution in [0.1, 0.15) is 0 Å². The molecule has 2 heterocycles. The second-order valence-corrected chi connectivity index (χ2v) is 12.4. The fraction of sp³-hybridized carbons (Fsp3) is 0. The van der Waals surface area contributed by atoms with Crippen LogP contribution in [-0.2, 0) is 0 Å². The predicted molar refractivity (Wildman–Crippen MR) is 201 cm³/mol. The van der Waals surface area contributed by atoms with Crippen molar-refractivity contribution in [2.75, 3.05) is 0 Å². The fourth-order valence-electron chi connectivity index (χ4n) is 7.21. The van der Waals surface area contributed by atoms with E-state index in [0.29, 0.717) is 17.5 Å². The zero-order valence-electron chi connectivity index (χ0n) is 26.3. The average Bonchev–Trinajstić information content (AvgIpc) is 3.56. The van der Waals surface area contributed by atoms with Gasteiger partial charge in [-0.25, -0.2) is 15.0 Å². The summed E-state index contributed by atoms with van der Waals surface area (Å²) in [5, 5.41) is 9.25. The Labute approximate surface area is 282 Å². The maximum absolute atomic E-state index is 6.20. The van der Waals surface area contributed by atoms with Gasteiger partial charge in [0, 0.05) is 32.8 Å². The van der Waals surface area contributed by atoms with Gasteiger partial charge in [-0.2, -0.15) is 0 Å². The van der Waals surface area contributed by atoms with Crippen LogP contribution >= 0.6 is 0 Å². The number of rotatable bonds is 4. The first-order valence-electron chi connectivity index (χ1n) is 16.4. The van der Waals surface area contributed by atoms with Crippen LogP contribution in [0.25, 0.3) is 99.5 Å². The van der Waals surface area contributed by atoms with E-state index in [4.69, 9.17) is 19.4 Å². The third-order valence-electron chi connectivity index (χ3n) is 9.49. The summed E-state index contributed by atoms with van der Waals surface area (Å²) < 4.78 is 6.20. The molecule has 0 aliphatic carbocycles. The van der Waals surface area contributed by atoms with E-state index in [9.17, 15) is 0 Å². The lowest BCUT2D eigenvalue weighted by atomic mass is 9.88. The summed E-state index contributed by atoms with van der Waals surface area (Å²) in [6.45, 7) is 0. The van der Waals surface area contributed by atoms with Gasteiger partial charge in [0.05, 0.1) is 0 Å². The van der Waals surface area contributed by atoms with E-state index in [1.54, 1.807) is 0 Å². The molecule has 0 aliphatic heterocycles. The van der Waals surface area contributed by atoms with Crippen molar-refractivity contribution in [3.63, 3.8) is 0 Å². The Morgan fingerprint density at radius 3 is 1.47 bits per heavy atom. The molecular weight excluding hydrogens is 599 g/mol. The Balaban J connectivity index is 1.34. The van der Waals surface area contributed by atoms with E-state index in [0.717, 1.165) is 65.9 Å². The van der Waals surface area contributed by atoms with E-state index < -0.39 is 0 Å². The smallest absolute Gasteiger partial charge is 0.164 e. The van der Waals surface area contributed by atoms with Gasteiger partial charge in [-0.1, -0.05) is 133 Å². The van der Waals surface area contributed by atoms with E-state index in [1.807, 2.05) is 48.5 Å². The van der Waals surface area contributed by atoms with Crippen LogP contribution in [0.4, 0.5) is 0 Å². The zero-order valence-corrected chi connectivity index (χ0v) is 26.3. The third-order valence-corrected chi connectivity index (χ3v) is 9.49. The van der Waals surface area contributed by atoms with Crippen molar-refractivity contribution in [1.82, 2.24) is 15.0 Å². The Bertz CT molecular complexity index is 2820. The van der Waals surface area contributed by atoms with Crippen LogP contribution in [0, 0.1) is 0 Å². The lowest BCUT2D eigenvalue weighted by Gasteiger charge is -2.17. The van der Waals surface area contributed by atoms with Crippen molar-refractivity contribution in [1.29, 1.82) is 0 Å². The van der Waals surface area contributed by atoms with Crippen molar-refractivity contribution < 1.29 is 4.42 Å². The maximum atomic E-state index is 6.20. The number of nitrogens with zero attached hydrogens (tertiary/aromatic N) is 3. The SMILES string of the molecule is c1ccc(-c2nc(-c3ccccc3)nc(-c3cc(-c4ccc5oc6ccccc6c5c4)cc4c5ccccc5c5ccccc5c34)n2)cc1. The van der Waals surface area contributed by atoms with Crippen molar-refractivity contribution in [3.8, 4) is 45.3 Å². The summed E-state index contributed by atoms with van der Waals surface area (Å²) >= 11 is 0. The average molecular weight is 626 g/mol. The molecule has 228 valence electrons. The molecule has 0 bridgehead atoms. The highest BCUT2D eigenvalue weighted by atomic mass is 16.3. The summed E-state index contributed by atoms with van der Waals surface area (Å²) in [5.74, 6) is 1.91. The second-order valence-electron chi connectivity index (χ2n) is 12.4. The third kappa shape index (κ3) is 4.49. The molecule has 4 heteroatoms. The molecule has 0 N–H and O–H groups in total. The molecule has 0 saturated carbocycles. The molecule has 0 aliphatic rings. The standard InChI is InChI=1S/C45H27N3O/c1-3-13-28(14-4-1)43-46-44(29-15-5-2-6-16-29)48-45(47-43)39-27-31(30-23-24-41-37(25-30)35-20-11-12-22-40(35)49-41)26-38-34-19-8-7-17-32(34)33-18-9-10-21-36(33)42(38)39/h1-27H. The highest BCUT2D eigenvalue weighted by Crippen LogP contribution is 2.43. The largest absolute Gasteiger partial charge is 0.456 e. The normalized spacial score (nSPS) is 11.7.